The lowest BCUT2D eigenvalue weighted by Gasteiger charge is -2.23. The number of carboxylic acids is 2. The van der Waals surface area contributed by atoms with E-state index in [-0.39, 0.29) is 11.7 Å². The number of aliphatic carboxylic acids is 2. The highest BCUT2D eigenvalue weighted by Gasteiger charge is 2.29. The van der Waals surface area contributed by atoms with Gasteiger partial charge in [0.1, 0.15) is 18.1 Å². The van der Waals surface area contributed by atoms with Crippen molar-refractivity contribution in [1.29, 1.82) is 0 Å². The van der Waals surface area contributed by atoms with E-state index in [1.54, 1.807) is 13.8 Å². The molecule has 3 amide bonds. The summed E-state index contributed by atoms with van der Waals surface area (Å²) in [6.45, 7) is 4.87. The summed E-state index contributed by atoms with van der Waals surface area (Å²) in [6, 6.07) is -4.70. The van der Waals surface area contributed by atoms with Gasteiger partial charge >= 0.3 is 11.9 Å². The zero-order chi connectivity index (χ0) is 21.3. The second kappa shape index (κ2) is 11.4. The Morgan fingerprint density at radius 2 is 1.41 bits per heavy atom. The summed E-state index contributed by atoms with van der Waals surface area (Å²) in [7, 11) is 0. The molecule has 0 aliphatic carbocycles. The highest BCUT2D eigenvalue weighted by Crippen LogP contribution is 2.00. The number of carbonyl (C=O) groups excluding carboxylic acids is 3. The van der Waals surface area contributed by atoms with E-state index in [1.165, 1.54) is 6.92 Å². The molecule has 0 aromatic carbocycles. The summed E-state index contributed by atoms with van der Waals surface area (Å²) in [6.07, 6.45) is -0.826. The van der Waals surface area contributed by atoms with E-state index in [0.29, 0.717) is 0 Å². The fourth-order valence-electron chi connectivity index (χ4n) is 1.82. The van der Waals surface area contributed by atoms with Crippen molar-refractivity contribution in [3.8, 4) is 0 Å². The molecule has 0 fully saturated rings. The van der Waals surface area contributed by atoms with Crippen molar-refractivity contribution in [2.45, 2.75) is 51.4 Å². The van der Waals surface area contributed by atoms with Crippen LogP contribution in [-0.2, 0) is 24.0 Å². The van der Waals surface area contributed by atoms with Crippen LogP contribution in [0.2, 0.25) is 0 Å². The van der Waals surface area contributed by atoms with Crippen molar-refractivity contribution in [3.05, 3.63) is 0 Å². The van der Waals surface area contributed by atoms with Crippen LogP contribution in [0.4, 0.5) is 0 Å². The minimum atomic E-state index is -1.66. The van der Waals surface area contributed by atoms with Gasteiger partial charge in [-0.15, -0.1) is 0 Å². The number of rotatable bonds is 11. The molecule has 11 nitrogen and oxygen atoms in total. The standard InChI is InChI=1S/C15H26N4O7S/c1-6(2)11(16)14(24)17-7(3)12(22)19-9(5-27)13(23)18-8(15(25)26)4-10(20)21/h6-9,11,27H,4-5,16H2,1-3H3,(H,17,24)(H,18,23)(H,19,22)(H,20,21)(H,25,26). The molecular formula is C15H26N4O7S. The summed E-state index contributed by atoms with van der Waals surface area (Å²) in [4.78, 5) is 57.8. The van der Waals surface area contributed by atoms with Crippen LogP contribution in [0.1, 0.15) is 27.2 Å². The van der Waals surface area contributed by atoms with Gasteiger partial charge in [-0.3, -0.25) is 19.2 Å². The third kappa shape index (κ3) is 8.73. The molecule has 0 bridgehead atoms. The zero-order valence-corrected chi connectivity index (χ0v) is 16.2. The molecule has 0 aromatic heterocycles. The van der Waals surface area contributed by atoms with E-state index in [2.05, 4.69) is 23.3 Å². The summed E-state index contributed by atoms with van der Waals surface area (Å²) in [5, 5.41) is 24.4. The second-order valence-electron chi connectivity index (χ2n) is 6.24. The SMILES string of the molecule is CC(NC(=O)C(N)C(C)C)C(=O)NC(CS)C(=O)NC(CC(=O)O)C(=O)O. The normalized spacial score (nSPS) is 15.2. The first-order valence-electron chi connectivity index (χ1n) is 8.12. The molecule has 4 atom stereocenters. The Hall–Kier alpha value is -2.34. The lowest BCUT2D eigenvalue weighted by Crippen LogP contribution is -2.57. The molecule has 154 valence electrons. The van der Waals surface area contributed by atoms with Crippen LogP contribution in [0.25, 0.3) is 0 Å². The average Bonchev–Trinajstić information content (AvgIpc) is 2.56. The number of hydrogen-bond acceptors (Lipinski definition) is 7. The smallest absolute Gasteiger partial charge is 0.326 e. The molecule has 7 N–H and O–H groups in total. The van der Waals surface area contributed by atoms with Crippen molar-refractivity contribution in [2.24, 2.45) is 11.7 Å². The minimum Gasteiger partial charge on any atom is -0.481 e. The van der Waals surface area contributed by atoms with E-state index in [4.69, 9.17) is 15.9 Å². The molecule has 0 aromatic rings. The molecular weight excluding hydrogens is 380 g/mol. The third-order valence-electron chi connectivity index (χ3n) is 3.58. The summed E-state index contributed by atoms with van der Waals surface area (Å²) in [5.41, 5.74) is 5.68. The average molecular weight is 406 g/mol. The van der Waals surface area contributed by atoms with Gasteiger partial charge in [0.15, 0.2) is 0 Å². The fourth-order valence-corrected chi connectivity index (χ4v) is 2.07. The van der Waals surface area contributed by atoms with Gasteiger partial charge in [-0.1, -0.05) is 13.8 Å². The maximum Gasteiger partial charge on any atom is 0.326 e. The van der Waals surface area contributed by atoms with Gasteiger partial charge in [0.2, 0.25) is 17.7 Å². The molecule has 0 radical (unpaired) electrons. The molecule has 0 saturated heterocycles. The van der Waals surface area contributed by atoms with E-state index < -0.39 is 60.2 Å². The number of carboxylic acid groups (broad SMARTS) is 2. The molecule has 0 aliphatic rings. The van der Waals surface area contributed by atoms with Crippen LogP contribution in [0.5, 0.6) is 0 Å². The van der Waals surface area contributed by atoms with Gasteiger partial charge in [0.25, 0.3) is 0 Å². The molecule has 4 unspecified atom stereocenters. The summed E-state index contributed by atoms with van der Waals surface area (Å²) < 4.78 is 0. The number of carbonyl (C=O) groups is 5. The van der Waals surface area contributed by atoms with Gasteiger partial charge in [-0.05, 0) is 12.8 Å². The maximum atomic E-state index is 12.2. The van der Waals surface area contributed by atoms with Gasteiger partial charge in [0, 0.05) is 5.75 Å². The lowest BCUT2D eigenvalue weighted by molar-refractivity contribution is -0.147. The Bertz CT molecular complexity index is 585. The quantitative estimate of drug-likeness (QED) is 0.191. The highest BCUT2D eigenvalue weighted by atomic mass is 32.1. The lowest BCUT2D eigenvalue weighted by atomic mass is 10.0. The fraction of sp³-hybridized carbons (Fsp3) is 0.667. The Morgan fingerprint density at radius 3 is 1.81 bits per heavy atom. The second-order valence-corrected chi connectivity index (χ2v) is 6.61. The summed E-state index contributed by atoms with van der Waals surface area (Å²) in [5.74, 6) is -5.41. The van der Waals surface area contributed by atoms with Crippen LogP contribution in [0.3, 0.4) is 0 Å². The van der Waals surface area contributed by atoms with Crippen LogP contribution in [-0.4, -0.2) is 69.8 Å². The van der Waals surface area contributed by atoms with Crippen molar-refractivity contribution in [2.75, 3.05) is 5.75 Å². The Balaban J connectivity index is 4.87. The van der Waals surface area contributed by atoms with Crippen LogP contribution in [0.15, 0.2) is 0 Å². The molecule has 0 rings (SSSR count). The first-order chi connectivity index (χ1) is 12.4. The number of hydrogen-bond donors (Lipinski definition) is 7. The van der Waals surface area contributed by atoms with Crippen molar-refractivity contribution in [1.82, 2.24) is 16.0 Å². The van der Waals surface area contributed by atoms with Crippen molar-refractivity contribution >= 4 is 42.3 Å². The molecule has 0 saturated carbocycles. The third-order valence-corrected chi connectivity index (χ3v) is 3.95. The molecule has 0 aliphatic heterocycles. The minimum absolute atomic E-state index is 0.140. The zero-order valence-electron chi connectivity index (χ0n) is 15.3. The molecule has 0 spiro atoms. The van der Waals surface area contributed by atoms with E-state index in [1.807, 2.05) is 5.32 Å². The van der Waals surface area contributed by atoms with E-state index in [9.17, 15) is 24.0 Å². The van der Waals surface area contributed by atoms with Gasteiger partial charge in [0.05, 0.1) is 12.5 Å². The Kier molecular flexibility index (Phi) is 10.4. The number of thiol groups is 1. The van der Waals surface area contributed by atoms with Crippen molar-refractivity contribution < 1.29 is 34.2 Å². The topological polar surface area (TPSA) is 188 Å². The highest BCUT2D eigenvalue weighted by molar-refractivity contribution is 7.80. The van der Waals surface area contributed by atoms with Crippen LogP contribution in [0, 0.1) is 5.92 Å². The Morgan fingerprint density at radius 1 is 0.889 bits per heavy atom. The summed E-state index contributed by atoms with van der Waals surface area (Å²) >= 11 is 3.92. The first-order valence-corrected chi connectivity index (χ1v) is 8.76. The largest absolute Gasteiger partial charge is 0.481 e. The predicted molar refractivity (Wildman–Crippen MR) is 98.0 cm³/mol. The van der Waals surface area contributed by atoms with Crippen LogP contribution >= 0.6 is 12.6 Å². The van der Waals surface area contributed by atoms with Gasteiger partial charge < -0.3 is 31.9 Å². The number of nitrogens with two attached hydrogens (primary N) is 1. The predicted octanol–water partition coefficient (Wildman–Crippen LogP) is -2.07. The van der Waals surface area contributed by atoms with Crippen LogP contribution < -0.4 is 21.7 Å². The van der Waals surface area contributed by atoms with Gasteiger partial charge in [-0.25, -0.2) is 4.79 Å². The number of amides is 3. The first kappa shape index (κ1) is 24.7. The maximum absolute atomic E-state index is 12.2. The Labute approximate surface area is 161 Å². The van der Waals surface area contributed by atoms with E-state index in [0.717, 1.165) is 0 Å². The molecule has 27 heavy (non-hydrogen) atoms. The molecule has 12 heteroatoms. The number of nitrogens with one attached hydrogen (secondary N) is 3. The van der Waals surface area contributed by atoms with Gasteiger partial charge in [-0.2, -0.15) is 12.6 Å². The molecule has 0 heterocycles. The monoisotopic (exact) mass is 406 g/mol. The van der Waals surface area contributed by atoms with E-state index >= 15 is 0 Å². The van der Waals surface area contributed by atoms with Crippen molar-refractivity contribution in [3.63, 3.8) is 0 Å².